The molecule has 606 valence electrons. The second kappa shape index (κ2) is 72.0. The summed E-state index contributed by atoms with van der Waals surface area (Å²) in [6.07, 6.45) is 59.7. The average Bonchev–Trinajstić information content (AvgIpc) is 0.910. The van der Waals surface area contributed by atoms with Gasteiger partial charge in [-0.15, -0.1) is 0 Å². The molecule has 0 fully saturated rings. The third-order valence-corrected chi connectivity index (χ3v) is 21.2. The van der Waals surface area contributed by atoms with E-state index in [4.69, 9.17) is 37.0 Å². The normalized spacial score (nSPS) is 14.0. The zero-order valence-electron chi connectivity index (χ0n) is 67.2. The van der Waals surface area contributed by atoms with Crippen molar-refractivity contribution < 1.29 is 80.2 Å². The first kappa shape index (κ1) is 100. The van der Waals surface area contributed by atoms with Crippen LogP contribution < -0.4 is 0 Å². The van der Waals surface area contributed by atoms with Gasteiger partial charge in [-0.1, -0.05) is 376 Å². The number of aliphatic hydroxyl groups is 1. The molecule has 0 aliphatic carbocycles. The number of hydrogen-bond donors (Lipinski definition) is 3. The van der Waals surface area contributed by atoms with Crippen LogP contribution in [0.3, 0.4) is 0 Å². The zero-order valence-corrected chi connectivity index (χ0v) is 69.0. The van der Waals surface area contributed by atoms with Gasteiger partial charge in [0.2, 0.25) is 0 Å². The minimum absolute atomic E-state index is 0.107. The summed E-state index contributed by atoms with van der Waals surface area (Å²) < 4.78 is 68.8. The van der Waals surface area contributed by atoms with Crippen molar-refractivity contribution in [2.45, 2.75) is 446 Å². The Hall–Kier alpha value is -1.94. The lowest BCUT2D eigenvalue weighted by Crippen LogP contribution is -2.30. The molecule has 5 atom stereocenters. The monoisotopic (exact) mass is 1490 g/mol. The summed E-state index contributed by atoms with van der Waals surface area (Å²) in [5, 5.41) is 10.7. The first-order chi connectivity index (χ1) is 49.1. The minimum atomic E-state index is -4.96. The maximum absolute atomic E-state index is 13.1. The maximum atomic E-state index is 13.1. The van der Waals surface area contributed by atoms with Crippen molar-refractivity contribution in [2.75, 3.05) is 39.6 Å². The van der Waals surface area contributed by atoms with Crippen molar-refractivity contribution in [1.82, 2.24) is 0 Å². The summed E-state index contributed by atoms with van der Waals surface area (Å²) >= 11 is 0. The van der Waals surface area contributed by atoms with Gasteiger partial charge in [0.15, 0.2) is 12.2 Å². The number of phosphoric ester groups is 2. The number of aliphatic hydroxyl groups excluding tert-OH is 1. The molecular weight excluding hydrogens is 1330 g/mol. The van der Waals surface area contributed by atoms with E-state index in [-0.39, 0.29) is 25.7 Å². The van der Waals surface area contributed by atoms with Crippen LogP contribution in [0.5, 0.6) is 0 Å². The van der Waals surface area contributed by atoms with E-state index >= 15 is 0 Å². The summed E-state index contributed by atoms with van der Waals surface area (Å²) in [6, 6.07) is 0. The topological polar surface area (TPSA) is 237 Å². The van der Waals surface area contributed by atoms with Gasteiger partial charge < -0.3 is 33.8 Å². The van der Waals surface area contributed by atoms with Gasteiger partial charge in [-0.3, -0.25) is 37.3 Å². The fourth-order valence-corrected chi connectivity index (χ4v) is 14.4. The van der Waals surface area contributed by atoms with E-state index < -0.39 is 97.5 Å². The van der Waals surface area contributed by atoms with Gasteiger partial charge in [-0.25, -0.2) is 9.13 Å². The number of hydrogen-bond acceptors (Lipinski definition) is 15. The molecule has 0 bridgehead atoms. The van der Waals surface area contributed by atoms with Gasteiger partial charge in [0.1, 0.15) is 19.3 Å². The Kier molecular flexibility index (Phi) is 70.6. The molecule has 0 saturated carbocycles. The predicted molar refractivity (Wildman–Crippen MR) is 418 cm³/mol. The quantitative estimate of drug-likeness (QED) is 0.0222. The number of carbonyl (C=O) groups excluding carboxylic acids is 4. The van der Waals surface area contributed by atoms with Crippen molar-refractivity contribution in [3.63, 3.8) is 0 Å². The Labute approximate surface area is 626 Å². The smallest absolute Gasteiger partial charge is 0.462 e. The highest BCUT2D eigenvalue weighted by atomic mass is 31.2. The van der Waals surface area contributed by atoms with Crippen molar-refractivity contribution in [3.05, 3.63) is 0 Å². The third kappa shape index (κ3) is 76.3. The lowest BCUT2D eigenvalue weighted by molar-refractivity contribution is -0.161. The fourth-order valence-electron chi connectivity index (χ4n) is 12.8. The number of phosphoric acid groups is 2. The molecule has 0 heterocycles. The molecule has 3 unspecified atom stereocenters. The predicted octanol–water partition coefficient (Wildman–Crippen LogP) is 24.8. The summed E-state index contributed by atoms with van der Waals surface area (Å²) in [7, 11) is -9.93. The molecule has 0 rings (SSSR count). The van der Waals surface area contributed by atoms with E-state index in [1.807, 2.05) is 0 Å². The van der Waals surface area contributed by atoms with Crippen LogP contribution in [0.4, 0.5) is 0 Å². The molecule has 102 heavy (non-hydrogen) atoms. The van der Waals surface area contributed by atoms with Crippen LogP contribution in [0.1, 0.15) is 428 Å². The summed E-state index contributed by atoms with van der Waals surface area (Å²) in [5.74, 6) is 0.991. The van der Waals surface area contributed by atoms with Crippen LogP contribution >= 0.6 is 15.6 Å². The van der Waals surface area contributed by atoms with Crippen molar-refractivity contribution in [3.8, 4) is 0 Å². The molecule has 0 amide bonds. The van der Waals surface area contributed by atoms with Gasteiger partial charge in [0.25, 0.3) is 0 Å². The van der Waals surface area contributed by atoms with Crippen LogP contribution in [0.25, 0.3) is 0 Å². The summed E-state index contributed by atoms with van der Waals surface area (Å²) in [4.78, 5) is 73.1. The van der Waals surface area contributed by atoms with Crippen LogP contribution in [-0.4, -0.2) is 96.7 Å². The van der Waals surface area contributed by atoms with Crippen LogP contribution in [-0.2, 0) is 65.4 Å². The SMILES string of the molecule is CC(C)CCCCCCCCCCCCCCCCCC(=O)O[C@H](COC(=O)CCCCCCCCCC(C)C)COP(=O)(O)OCC(O)COP(=O)(O)OC[C@@H](COC(=O)CCCCCCCCCCCCCCCCC(C)C)OC(=O)CCCCCCCCCCCCCCCCC(C)C. The van der Waals surface area contributed by atoms with Crippen LogP contribution in [0, 0.1) is 23.7 Å². The summed E-state index contributed by atoms with van der Waals surface area (Å²) in [5.41, 5.74) is 0. The average molecular weight is 1490 g/mol. The molecule has 17 nitrogen and oxygen atoms in total. The molecule has 0 aromatic rings. The molecule has 19 heteroatoms. The van der Waals surface area contributed by atoms with Crippen LogP contribution in [0.15, 0.2) is 0 Å². The Morgan fingerprint density at radius 2 is 0.412 bits per heavy atom. The third-order valence-electron chi connectivity index (χ3n) is 19.3. The van der Waals surface area contributed by atoms with Crippen molar-refractivity contribution >= 4 is 39.5 Å². The van der Waals surface area contributed by atoms with E-state index in [1.165, 1.54) is 225 Å². The van der Waals surface area contributed by atoms with Gasteiger partial charge in [-0.2, -0.15) is 0 Å². The molecule has 0 aromatic carbocycles. The Bertz CT molecular complexity index is 1990. The molecule has 0 aromatic heterocycles. The largest absolute Gasteiger partial charge is 0.472 e. The van der Waals surface area contributed by atoms with Crippen LogP contribution in [0.2, 0.25) is 0 Å². The highest BCUT2D eigenvalue weighted by Crippen LogP contribution is 2.45. The standard InChI is InChI=1S/C83H162O17P2/c1-73(2)59-51-43-35-28-22-16-10-9-11-20-26-32-40-49-57-65-83(88)100-79(70-94-81(86)64-56-48-42-34-38-46-54-62-76(7)8)72-98-102(91,92)96-68-77(84)67-95-101(89,90)97-71-78(99-82(87)66-58-50-41-33-27-21-15-13-18-24-30-37-45-53-61-75(5)6)69-93-80(85)63-55-47-39-31-25-19-14-12-17-23-29-36-44-52-60-74(3)4/h73-79,84H,9-72H2,1-8H3,(H,89,90)(H,91,92)/t77?,78-,79-/m1/s1. The Morgan fingerprint density at radius 3 is 0.608 bits per heavy atom. The molecule has 0 radical (unpaired) electrons. The minimum Gasteiger partial charge on any atom is -0.462 e. The molecular formula is C83H162O17P2. The first-order valence-corrected chi connectivity index (χ1v) is 45.7. The highest BCUT2D eigenvalue weighted by Gasteiger charge is 2.30. The number of esters is 4. The number of unbranched alkanes of at least 4 members (excludes halogenated alkanes) is 46. The molecule has 0 spiro atoms. The number of ether oxygens (including phenoxy) is 4. The van der Waals surface area contributed by atoms with E-state index in [9.17, 15) is 43.2 Å². The van der Waals surface area contributed by atoms with E-state index in [1.54, 1.807) is 0 Å². The van der Waals surface area contributed by atoms with E-state index in [0.29, 0.717) is 31.6 Å². The molecule has 0 aliphatic rings. The van der Waals surface area contributed by atoms with Gasteiger partial charge in [0.05, 0.1) is 26.4 Å². The number of carbonyl (C=O) groups is 4. The van der Waals surface area contributed by atoms with Gasteiger partial charge in [0, 0.05) is 25.7 Å². The van der Waals surface area contributed by atoms with Crippen molar-refractivity contribution in [1.29, 1.82) is 0 Å². The summed E-state index contributed by atoms with van der Waals surface area (Å²) in [6.45, 7) is 14.3. The van der Waals surface area contributed by atoms with Gasteiger partial charge in [-0.05, 0) is 49.4 Å². The zero-order chi connectivity index (χ0) is 75.3. The fraction of sp³-hybridized carbons (Fsp3) is 0.952. The van der Waals surface area contributed by atoms with E-state index in [2.05, 4.69) is 55.4 Å². The molecule has 0 saturated heterocycles. The maximum Gasteiger partial charge on any atom is 0.472 e. The molecule has 3 N–H and O–H groups in total. The van der Waals surface area contributed by atoms with Crippen molar-refractivity contribution in [2.24, 2.45) is 23.7 Å². The lowest BCUT2D eigenvalue weighted by Gasteiger charge is -2.21. The molecule has 0 aliphatic heterocycles. The first-order valence-electron chi connectivity index (χ1n) is 42.7. The second-order valence-electron chi connectivity index (χ2n) is 31.8. The lowest BCUT2D eigenvalue weighted by atomic mass is 10.0. The number of rotatable bonds is 80. The Balaban J connectivity index is 5.24. The van der Waals surface area contributed by atoms with E-state index in [0.717, 1.165) is 114 Å². The van der Waals surface area contributed by atoms with Gasteiger partial charge >= 0.3 is 39.5 Å². The Morgan fingerprint density at radius 1 is 0.245 bits per heavy atom. The second-order valence-corrected chi connectivity index (χ2v) is 34.7. The highest BCUT2D eigenvalue weighted by molar-refractivity contribution is 7.47.